The normalized spacial score (nSPS) is 22.7. The number of anilines is 1. The molecule has 108 valence electrons. The lowest BCUT2D eigenvalue weighted by Gasteiger charge is -2.45. The zero-order chi connectivity index (χ0) is 14.7. The lowest BCUT2D eigenvalue weighted by atomic mass is 10.0. The number of hydrogen-bond acceptors (Lipinski definition) is 3. The van der Waals surface area contributed by atoms with Gasteiger partial charge in [-0.05, 0) is 19.1 Å². The molecule has 0 aromatic heterocycles. The number of carbonyl (C=O) groups is 2. The van der Waals surface area contributed by atoms with E-state index in [4.69, 9.17) is 5.11 Å². The molecule has 1 aliphatic heterocycles. The van der Waals surface area contributed by atoms with Crippen molar-refractivity contribution in [2.45, 2.75) is 32.4 Å². The average molecular weight is 276 g/mol. The summed E-state index contributed by atoms with van der Waals surface area (Å²) < 4.78 is 0. The number of amides is 1. The molecular formula is C15H20N2O3. The molecule has 5 nitrogen and oxygen atoms in total. The third kappa shape index (κ3) is 3.10. The third-order valence-corrected chi connectivity index (χ3v) is 3.74. The SMILES string of the molecule is CC(=O)N1C[C@@H](C)N(c2ccccc2)C[C@@H]1CC(=O)O. The molecule has 0 bridgehead atoms. The van der Waals surface area contributed by atoms with E-state index in [1.54, 1.807) is 4.90 Å². The van der Waals surface area contributed by atoms with Crippen LogP contribution in [0.15, 0.2) is 30.3 Å². The maximum atomic E-state index is 11.7. The van der Waals surface area contributed by atoms with E-state index < -0.39 is 5.97 Å². The van der Waals surface area contributed by atoms with Crippen molar-refractivity contribution in [1.29, 1.82) is 0 Å². The predicted octanol–water partition coefficient (Wildman–Crippen LogP) is 1.59. The number of para-hydroxylation sites is 1. The first kappa shape index (κ1) is 14.4. The molecule has 1 saturated heterocycles. The van der Waals surface area contributed by atoms with E-state index in [1.807, 2.05) is 30.3 Å². The van der Waals surface area contributed by atoms with Crippen molar-refractivity contribution in [2.24, 2.45) is 0 Å². The van der Waals surface area contributed by atoms with Crippen LogP contribution < -0.4 is 4.90 Å². The average Bonchev–Trinajstić information content (AvgIpc) is 2.40. The van der Waals surface area contributed by atoms with E-state index in [0.717, 1.165) is 5.69 Å². The number of rotatable bonds is 3. The smallest absolute Gasteiger partial charge is 0.305 e. The second kappa shape index (κ2) is 5.94. The van der Waals surface area contributed by atoms with E-state index in [0.29, 0.717) is 13.1 Å². The summed E-state index contributed by atoms with van der Waals surface area (Å²) in [6.45, 7) is 4.67. The van der Waals surface area contributed by atoms with Crippen LogP contribution in [0.25, 0.3) is 0 Å². The maximum absolute atomic E-state index is 11.7. The number of benzene rings is 1. The molecule has 1 heterocycles. The summed E-state index contributed by atoms with van der Waals surface area (Å²) in [5.74, 6) is -0.931. The fraction of sp³-hybridized carbons (Fsp3) is 0.467. The molecule has 1 aromatic carbocycles. The van der Waals surface area contributed by atoms with Gasteiger partial charge in [0.2, 0.25) is 5.91 Å². The van der Waals surface area contributed by atoms with Gasteiger partial charge in [-0.15, -0.1) is 0 Å². The second-order valence-electron chi connectivity index (χ2n) is 5.26. The summed E-state index contributed by atoms with van der Waals surface area (Å²) in [7, 11) is 0. The molecule has 0 spiro atoms. The Balaban J connectivity index is 2.21. The van der Waals surface area contributed by atoms with Gasteiger partial charge in [0.15, 0.2) is 0 Å². The van der Waals surface area contributed by atoms with Crippen LogP contribution in [-0.2, 0) is 9.59 Å². The number of nitrogens with zero attached hydrogens (tertiary/aromatic N) is 2. The first-order valence-corrected chi connectivity index (χ1v) is 6.79. The van der Waals surface area contributed by atoms with Gasteiger partial charge in [-0.3, -0.25) is 9.59 Å². The van der Waals surface area contributed by atoms with Gasteiger partial charge < -0.3 is 14.9 Å². The van der Waals surface area contributed by atoms with Crippen molar-refractivity contribution >= 4 is 17.6 Å². The summed E-state index contributed by atoms with van der Waals surface area (Å²) in [5.41, 5.74) is 1.07. The third-order valence-electron chi connectivity index (χ3n) is 3.74. The molecule has 1 fully saturated rings. The van der Waals surface area contributed by atoms with Crippen LogP contribution in [0, 0.1) is 0 Å². The van der Waals surface area contributed by atoms with Crippen molar-refractivity contribution in [3.63, 3.8) is 0 Å². The predicted molar refractivity (Wildman–Crippen MR) is 76.7 cm³/mol. The molecule has 0 unspecified atom stereocenters. The van der Waals surface area contributed by atoms with Crippen molar-refractivity contribution < 1.29 is 14.7 Å². The van der Waals surface area contributed by atoms with Crippen molar-refractivity contribution in [3.8, 4) is 0 Å². The van der Waals surface area contributed by atoms with Crippen LogP contribution in [0.5, 0.6) is 0 Å². The van der Waals surface area contributed by atoms with Gasteiger partial charge in [0.1, 0.15) is 0 Å². The summed E-state index contributed by atoms with van der Waals surface area (Å²) >= 11 is 0. The van der Waals surface area contributed by atoms with Crippen molar-refractivity contribution in [2.75, 3.05) is 18.0 Å². The monoisotopic (exact) mass is 276 g/mol. The molecule has 1 amide bonds. The Morgan fingerprint density at radius 2 is 1.90 bits per heavy atom. The Morgan fingerprint density at radius 1 is 1.25 bits per heavy atom. The highest BCUT2D eigenvalue weighted by Gasteiger charge is 2.34. The van der Waals surface area contributed by atoms with Crippen LogP contribution in [0.2, 0.25) is 0 Å². The molecule has 2 atom stereocenters. The van der Waals surface area contributed by atoms with E-state index in [1.165, 1.54) is 6.92 Å². The van der Waals surface area contributed by atoms with Gasteiger partial charge in [-0.1, -0.05) is 18.2 Å². The highest BCUT2D eigenvalue weighted by molar-refractivity contribution is 5.76. The molecule has 0 saturated carbocycles. The molecule has 0 aliphatic carbocycles. The number of carboxylic acids is 1. The Bertz CT molecular complexity index is 489. The highest BCUT2D eigenvalue weighted by atomic mass is 16.4. The van der Waals surface area contributed by atoms with Crippen LogP contribution in [0.1, 0.15) is 20.3 Å². The summed E-state index contributed by atoms with van der Waals surface area (Å²) in [6.07, 6.45) is -0.0182. The van der Waals surface area contributed by atoms with Gasteiger partial charge in [0.25, 0.3) is 0 Å². The van der Waals surface area contributed by atoms with E-state index in [2.05, 4.69) is 11.8 Å². The van der Waals surface area contributed by atoms with Gasteiger partial charge in [0, 0.05) is 31.7 Å². The standard InChI is InChI=1S/C15H20N2O3/c1-11-9-17(12(2)18)14(8-15(19)20)10-16(11)13-6-4-3-5-7-13/h3-7,11,14H,8-10H2,1-2H3,(H,19,20)/t11-,14+/m1/s1. The molecule has 20 heavy (non-hydrogen) atoms. The molecule has 5 heteroatoms. The largest absolute Gasteiger partial charge is 0.481 e. The minimum Gasteiger partial charge on any atom is -0.481 e. The minimum atomic E-state index is -0.871. The van der Waals surface area contributed by atoms with Gasteiger partial charge >= 0.3 is 5.97 Å². The first-order chi connectivity index (χ1) is 9.49. The zero-order valence-electron chi connectivity index (χ0n) is 11.8. The molecule has 1 aromatic rings. The number of carbonyl (C=O) groups excluding carboxylic acids is 1. The second-order valence-corrected chi connectivity index (χ2v) is 5.26. The van der Waals surface area contributed by atoms with Gasteiger partial charge in [-0.25, -0.2) is 0 Å². The van der Waals surface area contributed by atoms with Crippen LogP contribution in [0.3, 0.4) is 0 Å². The molecule has 1 N–H and O–H groups in total. The fourth-order valence-corrected chi connectivity index (χ4v) is 2.78. The number of piperazine rings is 1. The minimum absolute atomic E-state index is 0.0182. The lowest BCUT2D eigenvalue weighted by Crippen LogP contribution is -2.59. The first-order valence-electron chi connectivity index (χ1n) is 6.79. The molecule has 2 rings (SSSR count). The Labute approximate surface area is 118 Å². The topological polar surface area (TPSA) is 60.9 Å². The molecular weight excluding hydrogens is 256 g/mol. The van der Waals surface area contributed by atoms with Gasteiger partial charge in [-0.2, -0.15) is 0 Å². The van der Waals surface area contributed by atoms with Crippen molar-refractivity contribution in [1.82, 2.24) is 4.90 Å². The lowest BCUT2D eigenvalue weighted by molar-refractivity contribution is -0.140. The number of aliphatic carboxylic acids is 1. The van der Waals surface area contributed by atoms with E-state index >= 15 is 0 Å². The van der Waals surface area contributed by atoms with E-state index in [-0.39, 0.29) is 24.4 Å². The quantitative estimate of drug-likeness (QED) is 0.910. The zero-order valence-corrected chi connectivity index (χ0v) is 11.8. The van der Waals surface area contributed by atoms with Crippen LogP contribution in [-0.4, -0.2) is 47.1 Å². The maximum Gasteiger partial charge on any atom is 0.305 e. The summed E-state index contributed by atoms with van der Waals surface area (Å²) in [6, 6.07) is 9.80. The van der Waals surface area contributed by atoms with Gasteiger partial charge in [0.05, 0.1) is 12.5 Å². The van der Waals surface area contributed by atoms with Crippen LogP contribution in [0.4, 0.5) is 5.69 Å². The van der Waals surface area contributed by atoms with Crippen molar-refractivity contribution in [3.05, 3.63) is 30.3 Å². The molecule has 1 aliphatic rings. The number of hydrogen-bond donors (Lipinski definition) is 1. The Kier molecular flexibility index (Phi) is 4.27. The van der Waals surface area contributed by atoms with E-state index in [9.17, 15) is 9.59 Å². The summed E-state index contributed by atoms with van der Waals surface area (Å²) in [4.78, 5) is 26.6. The fourth-order valence-electron chi connectivity index (χ4n) is 2.78. The Morgan fingerprint density at radius 3 is 2.45 bits per heavy atom. The van der Waals surface area contributed by atoms with Crippen LogP contribution >= 0.6 is 0 Å². The number of carboxylic acid groups (broad SMARTS) is 1. The summed E-state index contributed by atoms with van der Waals surface area (Å²) in [5, 5.41) is 9.03. The highest BCUT2D eigenvalue weighted by Crippen LogP contribution is 2.24. The Hall–Kier alpha value is -2.04. The molecule has 0 radical (unpaired) electrons.